The molecule has 3 rings (SSSR count). The topological polar surface area (TPSA) is 56.0 Å². The smallest absolute Gasteiger partial charge is 0.258 e. The van der Waals surface area contributed by atoms with Crippen LogP contribution in [0.5, 0.6) is 0 Å². The molecule has 2 aromatic carbocycles. The van der Waals surface area contributed by atoms with Gasteiger partial charge in [0.15, 0.2) is 0 Å². The number of alkyl halides is 3. The SMILES string of the molecule is Cc1ccc2nc(-c3ccc([N+](=O)[O-])c(C(F)(F)F)c3)sc2c1. The second-order valence-corrected chi connectivity index (χ2v) is 6.01. The first-order chi connectivity index (χ1) is 10.8. The molecule has 0 N–H and O–H groups in total. The van der Waals surface area contributed by atoms with E-state index in [1.807, 2.05) is 19.1 Å². The predicted octanol–water partition coefficient (Wildman–Crippen LogP) is 5.20. The summed E-state index contributed by atoms with van der Waals surface area (Å²) in [6.45, 7) is 1.91. The van der Waals surface area contributed by atoms with E-state index in [0.29, 0.717) is 10.5 Å². The van der Waals surface area contributed by atoms with Crippen molar-refractivity contribution in [2.24, 2.45) is 0 Å². The summed E-state index contributed by atoms with van der Waals surface area (Å²) in [7, 11) is 0. The van der Waals surface area contributed by atoms with Gasteiger partial charge in [0.1, 0.15) is 10.6 Å². The van der Waals surface area contributed by atoms with E-state index >= 15 is 0 Å². The first-order valence-corrected chi connectivity index (χ1v) is 7.30. The van der Waals surface area contributed by atoms with Crippen molar-refractivity contribution in [2.45, 2.75) is 13.1 Å². The normalized spacial score (nSPS) is 11.8. The number of benzene rings is 2. The quantitative estimate of drug-likeness (QED) is 0.477. The number of fused-ring (bicyclic) bond motifs is 1. The maximum atomic E-state index is 13.0. The number of nitro benzene ring substituents is 1. The Morgan fingerprint density at radius 2 is 1.91 bits per heavy atom. The van der Waals surface area contributed by atoms with Crippen LogP contribution < -0.4 is 0 Å². The van der Waals surface area contributed by atoms with Crippen molar-refractivity contribution >= 4 is 27.2 Å². The number of halogens is 3. The maximum absolute atomic E-state index is 13.0. The van der Waals surface area contributed by atoms with Crippen LogP contribution in [0.3, 0.4) is 0 Å². The van der Waals surface area contributed by atoms with Crippen LogP contribution in [0.2, 0.25) is 0 Å². The molecule has 0 bridgehead atoms. The Kier molecular flexibility index (Phi) is 3.56. The molecule has 0 atom stereocenters. The van der Waals surface area contributed by atoms with Gasteiger partial charge >= 0.3 is 6.18 Å². The molecule has 23 heavy (non-hydrogen) atoms. The van der Waals surface area contributed by atoms with Crippen LogP contribution in [0.1, 0.15) is 11.1 Å². The lowest BCUT2D eigenvalue weighted by atomic mass is 10.1. The highest BCUT2D eigenvalue weighted by Gasteiger charge is 2.38. The van der Waals surface area contributed by atoms with Gasteiger partial charge in [-0.25, -0.2) is 4.98 Å². The molecule has 8 heteroatoms. The van der Waals surface area contributed by atoms with Gasteiger partial charge in [-0.15, -0.1) is 11.3 Å². The predicted molar refractivity (Wildman–Crippen MR) is 81.4 cm³/mol. The van der Waals surface area contributed by atoms with Gasteiger partial charge in [0, 0.05) is 11.6 Å². The fourth-order valence-corrected chi connectivity index (χ4v) is 3.27. The van der Waals surface area contributed by atoms with Crippen LogP contribution in [0.4, 0.5) is 18.9 Å². The summed E-state index contributed by atoms with van der Waals surface area (Å²) in [4.78, 5) is 14.1. The summed E-state index contributed by atoms with van der Waals surface area (Å²) in [5.74, 6) is 0. The van der Waals surface area contributed by atoms with Gasteiger partial charge in [-0.2, -0.15) is 13.2 Å². The Bertz CT molecular complexity index is 919. The largest absolute Gasteiger partial charge is 0.423 e. The summed E-state index contributed by atoms with van der Waals surface area (Å²) >= 11 is 1.25. The lowest BCUT2D eigenvalue weighted by Gasteiger charge is -2.08. The number of hydrogen-bond donors (Lipinski definition) is 0. The van der Waals surface area contributed by atoms with E-state index in [0.717, 1.165) is 22.4 Å². The zero-order valence-electron chi connectivity index (χ0n) is 11.7. The van der Waals surface area contributed by atoms with Crippen LogP contribution in [0, 0.1) is 17.0 Å². The molecule has 1 aromatic heterocycles. The van der Waals surface area contributed by atoms with Crippen molar-refractivity contribution in [2.75, 3.05) is 0 Å². The lowest BCUT2D eigenvalue weighted by Crippen LogP contribution is -2.09. The minimum absolute atomic E-state index is 0.210. The van der Waals surface area contributed by atoms with Gasteiger partial charge in [0.25, 0.3) is 5.69 Å². The molecule has 3 aromatic rings. The van der Waals surface area contributed by atoms with E-state index < -0.39 is 22.4 Å². The van der Waals surface area contributed by atoms with Gasteiger partial charge in [0.2, 0.25) is 0 Å². The van der Waals surface area contributed by atoms with Crippen LogP contribution in [-0.2, 0) is 6.18 Å². The van der Waals surface area contributed by atoms with E-state index in [-0.39, 0.29) is 5.56 Å². The summed E-state index contributed by atoms with van der Waals surface area (Å²) < 4.78 is 40.0. The molecule has 0 amide bonds. The Hall–Kier alpha value is -2.48. The first kappa shape index (κ1) is 15.4. The average Bonchev–Trinajstić information content (AvgIpc) is 2.88. The Balaban J connectivity index is 2.17. The number of nitro groups is 1. The third-order valence-corrected chi connectivity index (χ3v) is 4.36. The van der Waals surface area contributed by atoms with Crippen molar-refractivity contribution in [3.63, 3.8) is 0 Å². The number of thiazole rings is 1. The van der Waals surface area contributed by atoms with Gasteiger partial charge in [-0.3, -0.25) is 10.1 Å². The van der Waals surface area contributed by atoms with Crippen molar-refractivity contribution in [3.8, 4) is 10.6 Å². The number of aromatic nitrogens is 1. The zero-order chi connectivity index (χ0) is 16.8. The molecule has 0 fully saturated rings. The van der Waals surface area contributed by atoms with Gasteiger partial charge in [0.05, 0.1) is 15.1 Å². The van der Waals surface area contributed by atoms with Crippen molar-refractivity contribution in [3.05, 3.63) is 57.6 Å². The van der Waals surface area contributed by atoms with Crippen molar-refractivity contribution < 1.29 is 18.1 Å². The molecule has 0 aliphatic heterocycles. The summed E-state index contributed by atoms with van der Waals surface area (Å²) in [6, 6.07) is 8.49. The Morgan fingerprint density at radius 1 is 1.17 bits per heavy atom. The zero-order valence-corrected chi connectivity index (χ0v) is 12.5. The Labute approximate surface area is 132 Å². The first-order valence-electron chi connectivity index (χ1n) is 6.49. The fourth-order valence-electron chi connectivity index (χ4n) is 2.21. The highest BCUT2D eigenvalue weighted by atomic mass is 32.1. The number of rotatable bonds is 2. The van der Waals surface area contributed by atoms with Crippen LogP contribution >= 0.6 is 11.3 Å². The molecule has 0 radical (unpaired) electrons. The standard InChI is InChI=1S/C15H9F3N2O2S/c1-8-2-4-11-13(6-8)23-14(19-11)9-3-5-12(20(21)22)10(7-9)15(16,17)18/h2-7H,1H3. The van der Waals surface area contributed by atoms with Gasteiger partial charge < -0.3 is 0 Å². The molecule has 1 heterocycles. The summed E-state index contributed by atoms with van der Waals surface area (Å²) in [6.07, 6.45) is -4.80. The highest BCUT2D eigenvalue weighted by Crippen LogP contribution is 2.39. The van der Waals surface area contributed by atoms with Gasteiger partial charge in [-0.1, -0.05) is 6.07 Å². The van der Waals surface area contributed by atoms with Crippen LogP contribution in [0.25, 0.3) is 20.8 Å². The molecule has 0 unspecified atom stereocenters. The third-order valence-electron chi connectivity index (χ3n) is 3.29. The minimum Gasteiger partial charge on any atom is -0.258 e. The van der Waals surface area contributed by atoms with E-state index in [4.69, 9.17) is 0 Å². The number of aryl methyl sites for hydroxylation is 1. The molecule has 0 spiro atoms. The molecule has 0 aliphatic rings. The third kappa shape index (κ3) is 2.89. The van der Waals surface area contributed by atoms with Crippen LogP contribution in [-0.4, -0.2) is 9.91 Å². The van der Waals surface area contributed by atoms with Crippen LogP contribution in [0.15, 0.2) is 36.4 Å². The van der Waals surface area contributed by atoms with E-state index in [1.54, 1.807) is 6.07 Å². The minimum atomic E-state index is -4.80. The molecular weight excluding hydrogens is 329 g/mol. The van der Waals surface area contributed by atoms with Crippen molar-refractivity contribution in [1.82, 2.24) is 4.98 Å². The molecule has 118 valence electrons. The molecule has 0 saturated carbocycles. The molecule has 0 saturated heterocycles. The monoisotopic (exact) mass is 338 g/mol. The summed E-state index contributed by atoms with van der Waals surface area (Å²) in [5, 5.41) is 11.2. The number of hydrogen-bond acceptors (Lipinski definition) is 4. The fraction of sp³-hybridized carbons (Fsp3) is 0.133. The summed E-state index contributed by atoms with van der Waals surface area (Å²) in [5.41, 5.74) is -0.315. The van der Waals surface area contributed by atoms with Crippen molar-refractivity contribution in [1.29, 1.82) is 0 Å². The van der Waals surface area contributed by atoms with E-state index in [2.05, 4.69) is 4.98 Å². The molecule has 4 nitrogen and oxygen atoms in total. The lowest BCUT2D eigenvalue weighted by molar-refractivity contribution is -0.388. The Morgan fingerprint density at radius 3 is 2.57 bits per heavy atom. The average molecular weight is 338 g/mol. The van der Waals surface area contributed by atoms with E-state index in [1.165, 1.54) is 17.4 Å². The van der Waals surface area contributed by atoms with E-state index in [9.17, 15) is 23.3 Å². The molecular formula is C15H9F3N2O2S. The second kappa shape index (κ2) is 5.31. The van der Waals surface area contributed by atoms with Gasteiger partial charge in [-0.05, 0) is 36.8 Å². The molecule has 0 aliphatic carbocycles. The maximum Gasteiger partial charge on any atom is 0.423 e. The second-order valence-electron chi connectivity index (χ2n) is 4.98. The number of nitrogens with zero attached hydrogens (tertiary/aromatic N) is 2. The highest BCUT2D eigenvalue weighted by molar-refractivity contribution is 7.21.